The van der Waals surface area contributed by atoms with Crippen LogP contribution in [0, 0.1) is 5.41 Å². The number of hydrogen-bond acceptors (Lipinski definition) is 8. The Bertz CT molecular complexity index is 2030. The number of amides is 2. The number of unbranched alkanes of at least 4 members (excludes halogenated alkanes) is 6. The monoisotopic (exact) mass is 755 g/mol. The molecular weight excluding hydrogens is 706 g/mol. The third-order valence-electron chi connectivity index (χ3n) is 11.1. The Kier molecular flexibility index (Phi) is 13.1. The SMILES string of the molecule is CCCCn1c(=O)c2[nH]c(C34CCC(C(=O)NCCCCCCCCN=[N+]=[N-])(CC3)CC4)nc2n(CCCNC(=O)c2ccc(S(=O)(=O)F)cc2)c1=O. The molecule has 3 aromatic rings. The van der Waals surface area contributed by atoms with E-state index in [1.54, 1.807) is 0 Å². The van der Waals surface area contributed by atoms with E-state index in [0.29, 0.717) is 31.8 Å². The van der Waals surface area contributed by atoms with Crippen LogP contribution < -0.4 is 21.9 Å². The average molecular weight is 756 g/mol. The van der Waals surface area contributed by atoms with E-state index in [9.17, 15) is 31.5 Å². The van der Waals surface area contributed by atoms with Gasteiger partial charge in [-0.05, 0) is 94.0 Å². The van der Waals surface area contributed by atoms with Gasteiger partial charge >= 0.3 is 15.9 Å². The maximum absolute atomic E-state index is 13.7. The molecule has 2 amide bonds. The van der Waals surface area contributed by atoms with E-state index >= 15 is 0 Å². The predicted octanol–water partition coefficient (Wildman–Crippen LogP) is 5.52. The second-order valence-electron chi connectivity index (χ2n) is 14.5. The highest BCUT2D eigenvalue weighted by Gasteiger charge is 2.54. The number of aryl methyl sites for hydroxylation is 1. The lowest BCUT2D eigenvalue weighted by atomic mass is 9.53. The molecule has 3 aliphatic carbocycles. The zero-order chi connectivity index (χ0) is 38.1. The van der Waals surface area contributed by atoms with Gasteiger partial charge in [-0.1, -0.05) is 44.1 Å². The van der Waals surface area contributed by atoms with Crippen LogP contribution in [-0.4, -0.2) is 59.0 Å². The van der Waals surface area contributed by atoms with E-state index in [1.807, 2.05) is 6.92 Å². The van der Waals surface area contributed by atoms with Gasteiger partial charge in [-0.25, -0.2) is 9.78 Å². The van der Waals surface area contributed by atoms with Gasteiger partial charge in [0.15, 0.2) is 5.65 Å². The van der Waals surface area contributed by atoms with Crippen molar-refractivity contribution in [3.8, 4) is 0 Å². The van der Waals surface area contributed by atoms with Crippen LogP contribution in [0.4, 0.5) is 3.89 Å². The molecule has 0 unspecified atom stereocenters. The van der Waals surface area contributed by atoms with Crippen molar-refractivity contribution >= 4 is 33.2 Å². The van der Waals surface area contributed by atoms with E-state index in [4.69, 9.17) is 10.5 Å². The molecule has 0 saturated heterocycles. The number of benzene rings is 1. The number of azide groups is 1. The predicted molar refractivity (Wildman–Crippen MR) is 198 cm³/mol. The molecule has 2 bridgehead atoms. The fourth-order valence-electron chi connectivity index (χ4n) is 7.77. The highest BCUT2D eigenvalue weighted by Crippen LogP contribution is 2.57. The van der Waals surface area contributed by atoms with Crippen molar-refractivity contribution in [2.75, 3.05) is 19.6 Å². The first-order valence-corrected chi connectivity index (χ1v) is 20.2. The minimum absolute atomic E-state index is 0.120. The van der Waals surface area contributed by atoms with Crippen LogP contribution in [0.3, 0.4) is 0 Å². The van der Waals surface area contributed by atoms with Crippen molar-refractivity contribution in [3.05, 3.63) is 66.9 Å². The number of nitrogens with zero attached hydrogens (tertiary/aromatic N) is 6. The van der Waals surface area contributed by atoms with Gasteiger partial charge in [0, 0.05) is 54.0 Å². The number of H-pyrrole nitrogens is 1. The van der Waals surface area contributed by atoms with Crippen LogP contribution in [0.1, 0.15) is 119 Å². The number of rotatable bonds is 20. The van der Waals surface area contributed by atoms with Gasteiger partial charge < -0.3 is 15.6 Å². The standard InChI is InChI=1S/C36H50FN9O6S/c1-2-3-24-46-31(48)28-29(45(34(46)50)25-10-22-39-30(47)26-11-13-27(14-12-26)53(37,51)52)43-32(42-28)35-15-18-36(19-16-35,20-17-35)33(49)40-21-8-6-4-5-7-9-23-41-44-38/h11-14H,2-10,15-25H2,1H3,(H,39,47)(H,40,49)(H,42,43). The zero-order valence-electron chi connectivity index (χ0n) is 30.4. The molecule has 53 heavy (non-hydrogen) atoms. The number of halogens is 1. The smallest absolute Gasteiger partial charge is 0.332 e. The van der Waals surface area contributed by atoms with Crippen molar-refractivity contribution in [3.63, 3.8) is 0 Å². The molecular formula is C36H50FN9O6S. The van der Waals surface area contributed by atoms with Gasteiger partial charge in [-0.3, -0.25) is 23.5 Å². The Labute approximate surface area is 308 Å². The first kappa shape index (κ1) is 39.7. The summed E-state index contributed by atoms with van der Waals surface area (Å²) in [4.78, 5) is 63.9. The molecule has 3 fully saturated rings. The molecule has 3 N–H and O–H groups in total. The highest BCUT2D eigenvalue weighted by atomic mass is 32.3. The summed E-state index contributed by atoms with van der Waals surface area (Å²) < 4.78 is 38.1. The summed E-state index contributed by atoms with van der Waals surface area (Å²) >= 11 is 0. The summed E-state index contributed by atoms with van der Waals surface area (Å²) in [6, 6.07) is 4.49. The lowest BCUT2D eigenvalue weighted by Gasteiger charge is -2.51. The third kappa shape index (κ3) is 9.18. The number of imidazole rings is 1. The van der Waals surface area contributed by atoms with Crippen LogP contribution in [0.2, 0.25) is 0 Å². The first-order chi connectivity index (χ1) is 25.4. The lowest BCUT2D eigenvalue weighted by molar-refractivity contribution is -0.138. The molecule has 0 aliphatic heterocycles. The van der Waals surface area contributed by atoms with Crippen molar-refractivity contribution in [2.45, 2.75) is 127 Å². The van der Waals surface area contributed by atoms with E-state index in [0.717, 1.165) is 95.6 Å². The molecule has 3 saturated carbocycles. The molecule has 2 aromatic heterocycles. The quantitative estimate of drug-likeness (QED) is 0.0441. The summed E-state index contributed by atoms with van der Waals surface area (Å²) in [6.45, 7) is 3.79. The van der Waals surface area contributed by atoms with Gasteiger partial charge in [0.05, 0.1) is 4.90 Å². The summed E-state index contributed by atoms with van der Waals surface area (Å²) in [5.74, 6) is 0.311. The topological polar surface area (TPSA) is 214 Å². The number of aromatic amines is 1. The van der Waals surface area contributed by atoms with Gasteiger partial charge in [-0.2, -0.15) is 8.42 Å². The van der Waals surface area contributed by atoms with Crippen LogP contribution in [-0.2, 0) is 33.5 Å². The zero-order valence-corrected chi connectivity index (χ0v) is 31.2. The third-order valence-corrected chi connectivity index (χ3v) is 11.9. The number of nitrogens with one attached hydrogen (secondary N) is 3. The van der Waals surface area contributed by atoms with Crippen molar-refractivity contribution in [1.82, 2.24) is 29.7 Å². The molecule has 17 heteroatoms. The Morgan fingerprint density at radius 3 is 2.17 bits per heavy atom. The largest absolute Gasteiger partial charge is 0.356 e. The number of fused-ring (bicyclic) bond motifs is 4. The minimum Gasteiger partial charge on any atom is -0.356 e. The number of aromatic nitrogens is 4. The highest BCUT2D eigenvalue weighted by molar-refractivity contribution is 7.86. The molecule has 0 atom stereocenters. The van der Waals surface area contributed by atoms with Gasteiger partial charge in [0.2, 0.25) is 5.91 Å². The van der Waals surface area contributed by atoms with Crippen LogP contribution in [0.15, 0.2) is 43.9 Å². The average Bonchev–Trinajstić information content (AvgIpc) is 3.62. The van der Waals surface area contributed by atoms with E-state index in [-0.39, 0.29) is 47.7 Å². The molecule has 6 rings (SSSR count). The lowest BCUT2D eigenvalue weighted by Crippen LogP contribution is -2.52. The minimum atomic E-state index is -4.88. The van der Waals surface area contributed by atoms with E-state index < -0.39 is 37.7 Å². The van der Waals surface area contributed by atoms with Crippen LogP contribution >= 0.6 is 0 Å². The number of carbonyl (C=O) groups is 2. The van der Waals surface area contributed by atoms with Crippen molar-refractivity contribution in [2.24, 2.45) is 10.5 Å². The van der Waals surface area contributed by atoms with Gasteiger partial charge in [0.25, 0.3) is 11.5 Å². The summed E-state index contributed by atoms with van der Waals surface area (Å²) in [5.41, 5.74) is 7.46. The Balaban J connectivity index is 1.22. The van der Waals surface area contributed by atoms with Gasteiger partial charge in [0.1, 0.15) is 11.3 Å². The first-order valence-electron chi connectivity index (χ1n) is 18.8. The molecule has 2 heterocycles. The second-order valence-corrected chi connectivity index (χ2v) is 15.8. The molecule has 1 aromatic carbocycles. The Hall–Kier alpha value is -4.50. The second kappa shape index (κ2) is 17.5. The summed E-state index contributed by atoms with van der Waals surface area (Å²) in [7, 11) is -4.88. The number of carbonyl (C=O) groups excluding carboxylic acids is 2. The normalized spacial score (nSPS) is 19.6. The van der Waals surface area contributed by atoms with Gasteiger partial charge in [-0.15, -0.1) is 3.89 Å². The summed E-state index contributed by atoms with van der Waals surface area (Å²) in [5, 5.41) is 9.49. The fraction of sp³-hybridized carbons (Fsp3) is 0.639. The van der Waals surface area contributed by atoms with Crippen LogP contribution in [0.5, 0.6) is 0 Å². The number of hydrogen-bond donors (Lipinski definition) is 3. The Morgan fingerprint density at radius 1 is 0.906 bits per heavy atom. The summed E-state index contributed by atoms with van der Waals surface area (Å²) in [6.07, 6.45) is 12.3. The molecule has 15 nitrogen and oxygen atoms in total. The molecule has 0 spiro atoms. The maximum Gasteiger partial charge on any atom is 0.332 e. The fourth-order valence-corrected chi connectivity index (χ4v) is 8.23. The maximum atomic E-state index is 13.7. The van der Waals surface area contributed by atoms with E-state index in [2.05, 4.69) is 25.6 Å². The van der Waals surface area contributed by atoms with Crippen molar-refractivity contribution in [1.29, 1.82) is 0 Å². The Morgan fingerprint density at radius 2 is 1.53 bits per heavy atom. The van der Waals surface area contributed by atoms with Crippen LogP contribution in [0.25, 0.3) is 21.6 Å². The molecule has 288 valence electrons. The molecule has 3 aliphatic rings. The van der Waals surface area contributed by atoms with E-state index in [1.165, 1.54) is 21.3 Å². The molecule has 0 radical (unpaired) electrons. The van der Waals surface area contributed by atoms with Crippen molar-refractivity contribution < 1.29 is 21.9 Å².